The molecule has 2 rings (SSSR count). The molecule has 0 radical (unpaired) electrons. The molecule has 0 spiro atoms. The number of aromatic carboxylic acids is 1. The molecule has 2 atom stereocenters. The number of anilines is 1. The van der Waals surface area contributed by atoms with E-state index < -0.39 is 5.97 Å². The van der Waals surface area contributed by atoms with Gasteiger partial charge >= 0.3 is 5.97 Å². The summed E-state index contributed by atoms with van der Waals surface area (Å²) >= 11 is 0. The van der Waals surface area contributed by atoms with E-state index in [9.17, 15) is 9.90 Å². The molecular weight excluding hydrogens is 232 g/mol. The molecule has 1 aliphatic rings. The topological polar surface area (TPSA) is 82.5 Å². The Labute approximate surface area is 106 Å². The van der Waals surface area contributed by atoms with Crippen molar-refractivity contribution in [3.63, 3.8) is 0 Å². The van der Waals surface area contributed by atoms with Crippen LogP contribution in [0.4, 0.5) is 5.69 Å². The normalized spacial score (nSPS) is 23.6. The summed E-state index contributed by atoms with van der Waals surface area (Å²) in [5.74, 6) is -0.773. The van der Waals surface area contributed by atoms with Gasteiger partial charge < -0.3 is 15.5 Å². The zero-order valence-corrected chi connectivity index (χ0v) is 10.2. The summed E-state index contributed by atoms with van der Waals surface area (Å²) in [5.41, 5.74) is 0.734. The van der Waals surface area contributed by atoms with Gasteiger partial charge in [0.2, 0.25) is 0 Å². The predicted octanol–water partition coefficient (Wildman–Crippen LogP) is 1.74. The Hall–Kier alpha value is -1.62. The van der Waals surface area contributed by atoms with Crippen LogP contribution in [0.5, 0.6) is 0 Å². The molecule has 0 aliphatic heterocycles. The number of nitrogens with zero attached hydrogens (tertiary/aromatic N) is 1. The highest BCUT2D eigenvalue weighted by Crippen LogP contribution is 2.25. The monoisotopic (exact) mass is 250 g/mol. The van der Waals surface area contributed by atoms with Crippen LogP contribution < -0.4 is 5.32 Å². The molecule has 5 nitrogen and oxygen atoms in total. The van der Waals surface area contributed by atoms with Gasteiger partial charge in [0.05, 0.1) is 23.6 Å². The first-order chi connectivity index (χ1) is 8.68. The summed E-state index contributed by atoms with van der Waals surface area (Å²) in [6.45, 7) is 0.590. The van der Waals surface area contributed by atoms with Crippen molar-refractivity contribution in [2.24, 2.45) is 5.92 Å². The second kappa shape index (κ2) is 5.82. The van der Waals surface area contributed by atoms with Crippen LogP contribution in [0.1, 0.15) is 36.0 Å². The lowest BCUT2D eigenvalue weighted by Crippen LogP contribution is -2.30. The number of carboxylic acids is 1. The summed E-state index contributed by atoms with van der Waals surface area (Å²) in [7, 11) is 0. The number of nitrogens with one attached hydrogen (secondary N) is 1. The lowest BCUT2D eigenvalue weighted by molar-refractivity contribution is 0.0697. The molecule has 1 saturated carbocycles. The van der Waals surface area contributed by atoms with Crippen LogP contribution >= 0.6 is 0 Å². The zero-order valence-electron chi connectivity index (χ0n) is 10.2. The average Bonchev–Trinajstić information content (AvgIpc) is 2.38. The standard InChI is InChI=1S/C13H18N2O3/c16-12-4-2-1-3-9(12)7-15-11-8-14-6-5-10(11)13(17)18/h5-6,8-9,12,15-16H,1-4,7H2,(H,17,18). The van der Waals surface area contributed by atoms with Crippen LogP contribution in [0.2, 0.25) is 0 Å². The summed E-state index contributed by atoms with van der Waals surface area (Å²) in [6, 6.07) is 1.47. The first kappa shape index (κ1) is 12.8. The van der Waals surface area contributed by atoms with Crippen LogP contribution in [0.3, 0.4) is 0 Å². The van der Waals surface area contributed by atoms with Crippen LogP contribution in [-0.4, -0.2) is 33.8 Å². The second-order valence-electron chi connectivity index (χ2n) is 4.72. The highest BCUT2D eigenvalue weighted by Gasteiger charge is 2.23. The van der Waals surface area contributed by atoms with Crippen molar-refractivity contribution >= 4 is 11.7 Å². The Balaban J connectivity index is 1.99. The first-order valence-electron chi connectivity index (χ1n) is 6.27. The van der Waals surface area contributed by atoms with Crippen molar-refractivity contribution in [3.05, 3.63) is 24.0 Å². The van der Waals surface area contributed by atoms with Gasteiger partial charge in [-0.05, 0) is 18.9 Å². The number of hydrogen-bond acceptors (Lipinski definition) is 4. The van der Waals surface area contributed by atoms with Crippen molar-refractivity contribution in [1.29, 1.82) is 0 Å². The van der Waals surface area contributed by atoms with Gasteiger partial charge in [0.1, 0.15) is 0 Å². The van der Waals surface area contributed by atoms with Gasteiger partial charge in [-0.1, -0.05) is 12.8 Å². The van der Waals surface area contributed by atoms with Gasteiger partial charge in [-0.2, -0.15) is 0 Å². The average molecular weight is 250 g/mol. The van der Waals surface area contributed by atoms with E-state index in [2.05, 4.69) is 10.3 Å². The third-order valence-corrected chi connectivity index (χ3v) is 3.48. The molecule has 18 heavy (non-hydrogen) atoms. The van der Waals surface area contributed by atoms with Crippen molar-refractivity contribution in [2.75, 3.05) is 11.9 Å². The number of aliphatic hydroxyl groups excluding tert-OH is 1. The van der Waals surface area contributed by atoms with E-state index in [1.165, 1.54) is 18.5 Å². The Morgan fingerprint density at radius 2 is 2.22 bits per heavy atom. The number of rotatable bonds is 4. The van der Waals surface area contributed by atoms with E-state index in [-0.39, 0.29) is 17.6 Å². The van der Waals surface area contributed by atoms with Crippen molar-refractivity contribution in [3.8, 4) is 0 Å². The number of pyridine rings is 1. The third-order valence-electron chi connectivity index (χ3n) is 3.48. The molecule has 1 aromatic heterocycles. The molecule has 1 heterocycles. The maximum atomic E-state index is 11.0. The van der Waals surface area contributed by atoms with Crippen molar-refractivity contribution in [2.45, 2.75) is 31.8 Å². The van der Waals surface area contributed by atoms with Crippen molar-refractivity contribution in [1.82, 2.24) is 4.98 Å². The Kier molecular flexibility index (Phi) is 4.15. The van der Waals surface area contributed by atoms with E-state index in [1.54, 1.807) is 0 Å². The predicted molar refractivity (Wildman–Crippen MR) is 67.7 cm³/mol. The number of hydrogen-bond donors (Lipinski definition) is 3. The quantitative estimate of drug-likeness (QED) is 0.758. The third kappa shape index (κ3) is 2.98. The fourth-order valence-corrected chi connectivity index (χ4v) is 2.39. The van der Waals surface area contributed by atoms with E-state index in [1.807, 2.05) is 0 Å². The number of carbonyl (C=O) groups is 1. The van der Waals surface area contributed by atoms with E-state index in [0.717, 1.165) is 25.7 Å². The SMILES string of the molecule is O=C(O)c1ccncc1NCC1CCCCC1O. The van der Waals surface area contributed by atoms with E-state index >= 15 is 0 Å². The highest BCUT2D eigenvalue weighted by molar-refractivity contribution is 5.93. The maximum absolute atomic E-state index is 11.0. The molecule has 0 bridgehead atoms. The minimum absolute atomic E-state index is 0.195. The maximum Gasteiger partial charge on any atom is 0.337 e. The van der Waals surface area contributed by atoms with Crippen LogP contribution in [0.25, 0.3) is 0 Å². The lowest BCUT2D eigenvalue weighted by Gasteiger charge is -2.28. The highest BCUT2D eigenvalue weighted by atomic mass is 16.4. The minimum atomic E-state index is -0.968. The van der Waals surface area contributed by atoms with Crippen LogP contribution in [0.15, 0.2) is 18.5 Å². The van der Waals surface area contributed by atoms with Gasteiger partial charge in [0.25, 0.3) is 0 Å². The molecule has 1 fully saturated rings. The lowest BCUT2D eigenvalue weighted by atomic mass is 9.86. The molecule has 0 amide bonds. The fourth-order valence-electron chi connectivity index (χ4n) is 2.39. The fraction of sp³-hybridized carbons (Fsp3) is 0.538. The van der Waals surface area contributed by atoms with E-state index in [4.69, 9.17) is 5.11 Å². The van der Waals surface area contributed by atoms with Crippen molar-refractivity contribution < 1.29 is 15.0 Å². The molecule has 0 saturated heterocycles. The summed E-state index contributed by atoms with van der Waals surface area (Å²) in [4.78, 5) is 14.9. The molecule has 98 valence electrons. The summed E-state index contributed by atoms with van der Waals surface area (Å²) < 4.78 is 0. The zero-order chi connectivity index (χ0) is 13.0. The summed E-state index contributed by atoms with van der Waals surface area (Å²) in [5, 5.41) is 22.0. The number of carboxylic acid groups (broad SMARTS) is 1. The molecule has 2 unspecified atom stereocenters. The number of aliphatic hydroxyl groups is 1. The molecule has 3 N–H and O–H groups in total. The van der Waals surface area contributed by atoms with Gasteiger partial charge in [-0.15, -0.1) is 0 Å². The smallest absolute Gasteiger partial charge is 0.337 e. The largest absolute Gasteiger partial charge is 0.478 e. The Morgan fingerprint density at radius 1 is 1.44 bits per heavy atom. The van der Waals surface area contributed by atoms with E-state index in [0.29, 0.717) is 12.2 Å². The van der Waals surface area contributed by atoms with Gasteiger partial charge in [-0.25, -0.2) is 4.79 Å². The Morgan fingerprint density at radius 3 is 2.94 bits per heavy atom. The van der Waals surface area contributed by atoms with Gasteiger partial charge in [0.15, 0.2) is 0 Å². The molecule has 1 aliphatic carbocycles. The summed E-state index contributed by atoms with van der Waals surface area (Å²) in [6.07, 6.45) is 6.72. The molecule has 5 heteroatoms. The van der Waals surface area contributed by atoms with Crippen LogP contribution in [0, 0.1) is 5.92 Å². The van der Waals surface area contributed by atoms with Crippen LogP contribution in [-0.2, 0) is 0 Å². The molecule has 0 aromatic carbocycles. The van der Waals surface area contributed by atoms with Gasteiger partial charge in [-0.3, -0.25) is 4.98 Å². The molecule has 1 aromatic rings. The minimum Gasteiger partial charge on any atom is -0.478 e. The second-order valence-corrected chi connectivity index (χ2v) is 4.72. The number of aromatic nitrogens is 1. The first-order valence-corrected chi connectivity index (χ1v) is 6.27. The van der Waals surface area contributed by atoms with Gasteiger partial charge in [0, 0.05) is 18.7 Å². The molecular formula is C13H18N2O3. The Bertz CT molecular complexity index is 422.